The minimum absolute atomic E-state index is 0.00773. The van der Waals surface area contributed by atoms with Crippen LogP contribution in [0.3, 0.4) is 0 Å². The van der Waals surface area contributed by atoms with Gasteiger partial charge in [-0.3, -0.25) is 9.89 Å². The highest BCUT2D eigenvalue weighted by Gasteiger charge is 2.25. The zero-order chi connectivity index (χ0) is 13.1. The quantitative estimate of drug-likeness (QED) is 0.764. The first-order chi connectivity index (χ1) is 9.34. The lowest BCUT2D eigenvalue weighted by Crippen LogP contribution is -2.41. The highest BCUT2D eigenvalue weighted by Crippen LogP contribution is 2.22. The second-order valence-electron chi connectivity index (χ2n) is 4.66. The maximum absolute atomic E-state index is 12.3. The number of H-pyrrole nitrogens is 1. The van der Waals surface area contributed by atoms with Crippen molar-refractivity contribution in [2.75, 3.05) is 6.54 Å². The molecular formula is C14H16N4O. The van der Waals surface area contributed by atoms with E-state index in [1.807, 2.05) is 18.2 Å². The number of fused-ring (bicyclic) bond motifs is 1. The lowest BCUT2D eigenvalue weighted by atomic mass is 9.94. The minimum atomic E-state index is -0.253. The number of benzene rings is 1. The largest absolute Gasteiger partial charge is 0.350 e. The van der Waals surface area contributed by atoms with Crippen LogP contribution in [0.1, 0.15) is 22.7 Å². The first-order valence-corrected chi connectivity index (χ1v) is 6.41. The molecule has 0 radical (unpaired) electrons. The molecule has 1 unspecified atom stereocenters. The fraction of sp³-hybridized carbons (Fsp3) is 0.286. The summed E-state index contributed by atoms with van der Waals surface area (Å²) < 4.78 is 0. The van der Waals surface area contributed by atoms with Crippen molar-refractivity contribution in [2.24, 2.45) is 0 Å². The Bertz CT molecular complexity index is 565. The van der Waals surface area contributed by atoms with Crippen LogP contribution in [-0.4, -0.2) is 22.6 Å². The van der Waals surface area contributed by atoms with Gasteiger partial charge in [0, 0.05) is 24.8 Å². The lowest BCUT2D eigenvalue weighted by Gasteiger charge is -2.25. The first kappa shape index (κ1) is 11.9. The number of carbonyl (C=O) groups is 1. The van der Waals surface area contributed by atoms with Crippen molar-refractivity contribution >= 4 is 5.91 Å². The Morgan fingerprint density at radius 3 is 3.16 bits per heavy atom. The summed E-state index contributed by atoms with van der Waals surface area (Å²) in [6.07, 6.45) is 4.47. The summed E-state index contributed by atoms with van der Waals surface area (Å²) in [6, 6.07) is 7.85. The van der Waals surface area contributed by atoms with E-state index in [4.69, 9.17) is 0 Å². The Hall–Kier alpha value is -2.14. The third kappa shape index (κ3) is 2.51. The van der Waals surface area contributed by atoms with E-state index in [9.17, 15) is 4.79 Å². The van der Waals surface area contributed by atoms with Crippen LogP contribution in [0.4, 0.5) is 0 Å². The molecule has 3 rings (SSSR count). The van der Waals surface area contributed by atoms with Crippen LogP contribution >= 0.6 is 0 Å². The monoisotopic (exact) mass is 256 g/mol. The van der Waals surface area contributed by atoms with Gasteiger partial charge in [0.25, 0.3) is 0 Å². The summed E-state index contributed by atoms with van der Waals surface area (Å²) in [5, 5.41) is 12.8. The molecule has 2 heterocycles. The molecule has 0 saturated carbocycles. The molecule has 3 N–H and O–H groups in total. The average Bonchev–Trinajstić information content (AvgIpc) is 2.97. The standard InChI is InChI=1S/C14H16N4O/c19-14(16-7-10-8-17-18-9-10)13-12-4-2-1-3-11(12)5-6-15-13/h1-4,8-9,13,15H,5-7H2,(H,16,19)(H,17,18). The van der Waals surface area contributed by atoms with Crippen molar-refractivity contribution in [3.63, 3.8) is 0 Å². The molecule has 5 heteroatoms. The molecule has 0 spiro atoms. The number of nitrogens with one attached hydrogen (secondary N) is 3. The summed E-state index contributed by atoms with van der Waals surface area (Å²) >= 11 is 0. The van der Waals surface area contributed by atoms with Crippen LogP contribution in [0.2, 0.25) is 0 Å². The molecule has 1 amide bonds. The molecule has 1 aromatic carbocycles. The molecule has 1 aliphatic heterocycles. The van der Waals surface area contributed by atoms with E-state index in [1.54, 1.807) is 12.4 Å². The normalized spacial score (nSPS) is 17.8. The van der Waals surface area contributed by atoms with E-state index in [-0.39, 0.29) is 11.9 Å². The number of hydrogen-bond donors (Lipinski definition) is 3. The third-order valence-electron chi connectivity index (χ3n) is 3.39. The van der Waals surface area contributed by atoms with Gasteiger partial charge in [0.2, 0.25) is 5.91 Å². The van der Waals surface area contributed by atoms with Crippen molar-refractivity contribution in [1.82, 2.24) is 20.8 Å². The highest BCUT2D eigenvalue weighted by atomic mass is 16.2. The molecule has 0 fully saturated rings. The molecule has 1 aromatic heterocycles. The number of nitrogens with zero attached hydrogens (tertiary/aromatic N) is 1. The molecule has 0 saturated heterocycles. The molecule has 0 aliphatic carbocycles. The van der Waals surface area contributed by atoms with Crippen molar-refractivity contribution in [3.05, 3.63) is 53.3 Å². The van der Waals surface area contributed by atoms with Gasteiger partial charge in [-0.2, -0.15) is 5.10 Å². The molecule has 19 heavy (non-hydrogen) atoms. The summed E-state index contributed by atoms with van der Waals surface area (Å²) in [6.45, 7) is 1.33. The van der Waals surface area contributed by atoms with Gasteiger partial charge in [0.05, 0.1) is 6.20 Å². The van der Waals surface area contributed by atoms with Gasteiger partial charge in [-0.05, 0) is 17.5 Å². The molecule has 2 aromatic rings. The highest BCUT2D eigenvalue weighted by molar-refractivity contribution is 5.83. The smallest absolute Gasteiger partial charge is 0.242 e. The van der Waals surface area contributed by atoms with Crippen LogP contribution in [0.25, 0.3) is 0 Å². The van der Waals surface area contributed by atoms with Crippen LogP contribution in [-0.2, 0) is 17.8 Å². The van der Waals surface area contributed by atoms with Crippen molar-refractivity contribution in [2.45, 2.75) is 19.0 Å². The predicted octanol–water partition coefficient (Wildman–Crippen LogP) is 0.913. The predicted molar refractivity (Wildman–Crippen MR) is 71.3 cm³/mol. The van der Waals surface area contributed by atoms with Gasteiger partial charge in [-0.1, -0.05) is 24.3 Å². The van der Waals surface area contributed by atoms with E-state index < -0.39 is 0 Å². The topological polar surface area (TPSA) is 69.8 Å². The number of hydrogen-bond acceptors (Lipinski definition) is 3. The number of aromatic nitrogens is 2. The second kappa shape index (κ2) is 5.24. The summed E-state index contributed by atoms with van der Waals surface area (Å²) in [5.41, 5.74) is 3.31. The fourth-order valence-electron chi connectivity index (χ4n) is 2.40. The summed E-state index contributed by atoms with van der Waals surface area (Å²) in [4.78, 5) is 12.3. The molecular weight excluding hydrogens is 240 g/mol. The maximum atomic E-state index is 12.3. The molecule has 1 atom stereocenters. The van der Waals surface area contributed by atoms with E-state index in [2.05, 4.69) is 26.9 Å². The lowest BCUT2D eigenvalue weighted by molar-refractivity contribution is -0.123. The van der Waals surface area contributed by atoms with E-state index in [0.29, 0.717) is 6.54 Å². The fourth-order valence-corrected chi connectivity index (χ4v) is 2.40. The summed E-state index contributed by atoms with van der Waals surface area (Å²) in [7, 11) is 0. The minimum Gasteiger partial charge on any atom is -0.350 e. The van der Waals surface area contributed by atoms with Gasteiger partial charge < -0.3 is 10.6 Å². The number of aromatic amines is 1. The maximum Gasteiger partial charge on any atom is 0.242 e. The van der Waals surface area contributed by atoms with Crippen molar-refractivity contribution in [3.8, 4) is 0 Å². The Kier molecular flexibility index (Phi) is 3.29. The second-order valence-corrected chi connectivity index (χ2v) is 4.66. The third-order valence-corrected chi connectivity index (χ3v) is 3.39. The van der Waals surface area contributed by atoms with Gasteiger partial charge in [-0.15, -0.1) is 0 Å². The van der Waals surface area contributed by atoms with Gasteiger partial charge in [-0.25, -0.2) is 0 Å². The zero-order valence-corrected chi connectivity index (χ0v) is 10.5. The Morgan fingerprint density at radius 1 is 1.42 bits per heavy atom. The Balaban J connectivity index is 1.71. The van der Waals surface area contributed by atoms with E-state index in [0.717, 1.165) is 24.1 Å². The SMILES string of the molecule is O=C(NCc1cn[nH]c1)C1NCCc2ccccc21. The van der Waals surface area contributed by atoms with Crippen LogP contribution in [0.5, 0.6) is 0 Å². The van der Waals surface area contributed by atoms with Crippen molar-refractivity contribution < 1.29 is 4.79 Å². The first-order valence-electron chi connectivity index (χ1n) is 6.41. The molecule has 0 bridgehead atoms. The average molecular weight is 256 g/mol. The van der Waals surface area contributed by atoms with Crippen LogP contribution < -0.4 is 10.6 Å². The number of carbonyl (C=O) groups excluding carboxylic acids is 1. The molecule has 1 aliphatic rings. The Labute approximate surface area is 111 Å². The number of rotatable bonds is 3. The number of amides is 1. The van der Waals surface area contributed by atoms with E-state index in [1.165, 1.54) is 5.56 Å². The Morgan fingerprint density at radius 2 is 2.32 bits per heavy atom. The zero-order valence-electron chi connectivity index (χ0n) is 10.5. The summed E-state index contributed by atoms with van der Waals surface area (Å²) in [5.74, 6) is 0.00773. The molecule has 5 nitrogen and oxygen atoms in total. The van der Waals surface area contributed by atoms with Crippen molar-refractivity contribution in [1.29, 1.82) is 0 Å². The molecule has 98 valence electrons. The van der Waals surface area contributed by atoms with Gasteiger partial charge >= 0.3 is 0 Å². The van der Waals surface area contributed by atoms with Crippen LogP contribution in [0, 0.1) is 0 Å². The van der Waals surface area contributed by atoms with Gasteiger partial charge in [0.1, 0.15) is 6.04 Å². The van der Waals surface area contributed by atoms with Gasteiger partial charge in [0.15, 0.2) is 0 Å². The van der Waals surface area contributed by atoms with Crippen LogP contribution in [0.15, 0.2) is 36.7 Å². The van der Waals surface area contributed by atoms with E-state index >= 15 is 0 Å².